The molecule has 0 aliphatic heterocycles. The van der Waals surface area contributed by atoms with Crippen LogP contribution in [0.25, 0.3) is 0 Å². The van der Waals surface area contributed by atoms with Crippen molar-refractivity contribution >= 4 is 11.6 Å². The number of hydrogen-bond donors (Lipinski definition) is 2. The van der Waals surface area contributed by atoms with Gasteiger partial charge in [0.2, 0.25) is 0 Å². The molecule has 4 heteroatoms. The van der Waals surface area contributed by atoms with Gasteiger partial charge in [0.1, 0.15) is 0 Å². The Morgan fingerprint density at radius 1 is 1.25 bits per heavy atom. The summed E-state index contributed by atoms with van der Waals surface area (Å²) in [6.45, 7) is 6.95. The van der Waals surface area contributed by atoms with Gasteiger partial charge in [-0.25, -0.2) is 0 Å². The van der Waals surface area contributed by atoms with Crippen LogP contribution in [0, 0.1) is 5.41 Å². The highest BCUT2D eigenvalue weighted by atomic mass is 16.1. The molecular formula is C16H27N3O. The summed E-state index contributed by atoms with van der Waals surface area (Å²) in [5.41, 5.74) is 7.95. The molecule has 3 N–H and O–H groups in total. The van der Waals surface area contributed by atoms with Crippen molar-refractivity contribution in [3.8, 4) is 0 Å². The molecule has 0 aromatic heterocycles. The van der Waals surface area contributed by atoms with Gasteiger partial charge in [0.15, 0.2) is 0 Å². The number of benzene rings is 1. The fourth-order valence-corrected chi connectivity index (χ4v) is 2.10. The van der Waals surface area contributed by atoms with E-state index in [1.54, 1.807) is 0 Å². The highest BCUT2D eigenvalue weighted by Crippen LogP contribution is 2.19. The zero-order valence-corrected chi connectivity index (χ0v) is 13.2. The van der Waals surface area contributed by atoms with Crippen LogP contribution < -0.4 is 16.0 Å². The maximum absolute atomic E-state index is 12.0. The Labute approximate surface area is 122 Å². The van der Waals surface area contributed by atoms with Crippen LogP contribution in [0.15, 0.2) is 24.3 Å². The van der Waals surface area contributed by atoms with Crippen LogP contribution >= 0.6 is 0 Å². The maximum Gasteiger partial charge on any atom is 0.251 e. The lowest BCUT2D eigenvalue weighted by Crippen LogP contribution is -2.39. The topological polar surface area (TPSA) is 58.4 Å². The first-order chi connectivity index (χ1) is 9.19. The summed E-state index contributed by atoms with van der Waals surface area (Å²) in [6.07, 6.45) is 0.882. The summed E-state index contributed by atoms with van der Waals surface area (Å²) in [6, 6.07) is 7.52. The molecule has 0 aliphatic carbocycles. The van der Waals surface area contributed by atoms with Crippen LogP contribution in [0.3, 0.4) is 0 Å². The van der Waals surface area contributed by atoms with Crippen molar-refractivity contribution in [2.75, 3.05) is 25.5 Å². The molecule has 20 heavy (non-hydrogen) atoms. The molecular weight excluding hydrogens is 250 g/mol. The number of nitrogens with two attached hydrogens (primary N) is 1. The van der Waals surface area contributed by atoms with Crippen LogP contribution in [0.1, 0.15) is 37.6 Å². The van der Waals surface area contributed by atoms with Gasteiger partial charge in [-0.2, -0.15) is 0 Å². The zero-order valence-electron chi connectivity index (χ0n) is 13.2. The summed E-state index contributed by atoms with van der Waals surface area (Å²) >= 11 is 0. The van der Waals surface area contributed by atoms with E-state index >= 15 is 0 Å². The van der Waals surface area contributed by atoms with E-state index in [1.165, 1.54) is 0 Å². The van der Waals surface area contributed by atoms with Crippen molar-refractivity contribution in [3.63, 3.8) is 0 Å². The first kappa shape index (κ1) is 16.5. The largest absolute Gasteiger partial charge is 0.378 e. The van der Waals surface area contributed by atoms with Crippen LogP contribution in [0.5, 0.6) is 0 Å². The van der Waals surface area contributed by atoms with Crippen LogP contribution in [0.4, 0.5) is 5.69 Å². The summed E-state index contributed by atoms with van der Waals surface area (Å²) in [7, 11) is 3.95. The minimum Gasteiger partial charge on any atom is -0.378 e. The number of rotatable bonds is 5. The van der Waals surface area contributed by atoms with Crippen molar-refractivity contribution in [1.29, 1.82) is 0 Å². The molecule has 0 aliphatic rings. The fraction of sp³-hybridized carbons (Fsp3) is 0.562. The minimum atomic E-state index is -0.0698. The average Bonchev–Trinajstić information content (AvgIpc) is 2.34. The van der Waals surface area contributed by atoms with E-state index in [4.69, 9.17) is 5.73 Å². The van der Waals surface area contributed by atoms with Gasteiger partial charge < -0.3 is 16.0 Å². The van der Waals surface area contributed by atoms with Crippen molar-refractivity contribution in [1.82, 2.24) is 5.32 Å². The van der Waals surface area contributed by atoms with E-state index < -0.39 is 0 Å². The molecule has 1 amide bonds. The lowest BCUT2D eigenvalue weighted by molar-refractivity contribution is 0.0948. The normalized spacial score (nSPS) is 12.9. The third kappa shape index (κ3) is 5.61. The number of hydrogen-bond acceptors (Lipinski definition) is 3. The number of nitrogens with zero attached hydrogens (tertiary/aromatic N) is 1. The van der Waals surface area contributed by atoms with Gasteiger partial charge in [-0.1, -0.05) is 20.8 Å². The second-order valence-electron chi connectivity index (χ2n) is 6.68. The van der Waals surface area contributed by atoms with E-state index in [0.717, 1.165) is 12.1 Å². The number of carbonyl (C=O) groups is 1. The van der Waals surface area contributed by atoms with Crippen molar-refractivity contribution in [2.45, 2.75) is 33.2 Å². The molecule has 1 rings (SSSR count). The fourth-order valence-electron chi connectivity index (χ4n) is 2.10. The van der Waals surface area contributed by atoms with E-state index in [0.29, 0.717) is 12.1 Å². The molecule has 112 valence electrons. The van der Waals surface area contributed by atoms with Gasteiger partial charge in [0.25, 0.3) is 5.91 Å². The van der Waals surface area contributed by atoms with Gasteiger partial charge in [-0.3, -0.25) is 4.79 Å². The lowest BCUT2D eigenvalue weighted by atomic mass is 9.88. The molecule has 1 unspecified atom stereocenters. The van der Waals surface area contributed by atoms with Gasteiger partial charge in [0, 0.05) is 37.9 Å². The molecule has 0 bridgehead atoms. The standard InChI is InChI=1S/C16H27N3O/c1-16(2,3)10-13(17)11-18-15(20)12-6-8-14(9-7-12)19(4)5/h6-9,13H,10-11,17H2,1-5H3,(H,18,20). The third-order valence-corrected chi connectivity index (χ3v) is 3.05. The van der Waals surface area contributed by atoms with Gasteiger partial charge in [-0.15, -0.1) is 0 Å². The Morgan fingerprint density at radius 3 is 2.25 bits per heavy atom. The monoisotopic (exact) mass is 277 g/mol. The zero-order chi connectivity index (χ0) is 15.3. The molecule has 4 nitrogen and oxygen atoms in total. The van der Waals surface area contributed by atoms with E-state index in [1.807, 2.05) is 43.3 Å². The van der Waals surface area contributed by atoms with Crippen molar-refractivity contribution < 1.29 is 4.79 Å². The molecule has 0 spiro atoms. The first-order valence-electron chi connectivity index (χ1n) is 7.00. The molecule has 0 heterocycles. The number of carbonyl (C=O) groups excluding carboxylic acids is 1. The van der Waals surface area contributed by atoms with Crippen LogP contribution in [0.2, 0.25) is 0 Å². The summed E-state index contributed by atoms with van der Waals surface area (Å²) in [5, 5.41) is 2.89. The predicted octanol–water partition coefficient (Wildman–Crippen LogP) is 2.25. The smallest absolute Gasteiger partial charge is 0.251 e. The average molecular weight is 277 g/mol. The second kappa shape index (κ2) is 6.75. The minimum absolute atomic E-state index is 0.0139. The summed E-state index contributed by atoms with van der Waals surface area (Å²) in [4.78, 5) is 14.0. The van der Waals surface area contributed by atoms with Gasteiger partial charge >= 0.3 is 0 Å². The quantitative estimate of drug-likeness (QED) is 0.868. The van der Waals surface area contributed by atoms with Crippen LogP contribution in [-0.4, -0.2) is 32.6 Å². The predicted molar refractivity (Wildman–Crippen MR) is 85.1 cm³/mol. The Kier molecular flexibility index (Phi) is 5.57. The van der Waals surface area contributed by atoms with Crippen molar-refractivity contribution in [3.05, 3.63) is 29.8 Å². The molecule has 1 atom stereocenters. The highest BCUT2D eigenvalue weighted by Gasteiger charge is 2.16. The van der Waals surface area contributed by atoms with Gasteiger partial charge in [0.05, 0.1) is 0 Å². The molecule has 0 saturated heterocycles. The molecule has 0 fully saturated rings. The highest BCUT2D eigenvalue weighted by molar-refractivity contribution is 5.94. The Balaban J connectivity index is 2.50. The third-order valence-electron chi connectivity index (χ3n) is 3.05. The SMILES string of the molecule is CN(C)c1ccc(C(=O)NCC(N)CC(C)(C)C)cc1. The Morgan fingerprint density at radius 2 is 1.80 bits per heavy atom. The maximum atomic E-state index is 12.0. The van der Waals surface area contributed by atoms with Crippen LogP contribution in [-0.2, 0) is 0 Å². The number of nitrogens with one attached hydrogen (secondary N) is 1. The lowest BCUT2D eigenvalue weighted by Gasteiger charge is -2.23. The second-order valence-corrected chi connectivity index (χ2v) is 6.68. The van der Waals surface area contributed by atoms with Gasteiger partial charge in [-0.05, 0) is 36.1 Å². The molecule has 0 saturated carbocycles. The molecule has 0 radical (unpaired) electrons. The van der Waals surface area contributed by atoms with Crippen molar-refractivity contribution in [2.24, 2.45) is 11.1 Å². The van der Waals surface area contributed by atoms with E-state index in [-0.39, 0.29) is 17.4 Å². The molecule has 1 aromatic rings. The number of anilines is 1. The van der Waals surface area contributed by atoms with E-state index in [2.05, 4.69) is 26.1 Å². The Hall–Kier alpha value is -1.55. The first-order valence-corrected chi connectivity index (χ1v) is 7.00. The number of amides is 1. The Bertz CT molecular complexity index is 432. The summed E-state index contributed by atoms with van der Waals surface area (Å²) in [5.74, 6) is -0.0698. The van der Waals surface area contributed by atoms with E-state index in [9.17, 15) is 4.79 Å². The molecule has 1 aromatic carbocycles. The summed E-state index contributed by atoms with van der Waals surface area (Å²) < 4.78 is 0.